The summed E-state index contributed by atoms with van der Waals surface area (Å²) in [6, 6.07) is 1.65. The van der Waals surface area contributed by atoms with Crippen LogP contribution in [0.4, 0.5) is 11.6 Å². The molecule has 0 aliphatic rings. The van der Waals surface area contributed by atoms with Crippen LogP contribution in [0.25, 0.3) is 5.65 Å². The third-order valence-corrected chi connectivity index (χ3v) is 1.55. The zero-order chi connectivity index (χ0) is 8.01. The molecule has 6 heteroatoms. The summed E-state index contributed by atoms with van der Waals surface area (Å²) in [6.07, 6.45) is 1.53. The third-order valence-electron chi connectivity index (χ3n) is 1.55. The lowest BCUT2D eigenvalue weighted by atomic mass is 10.6. The van der Waals surface area contributed by atoms with Crippen LogP contribution < -0.4 is 17.3 Å². The summed E-state index contributed by atoms with van der Waals surface area (Å²) in [7, 11) is 0. The first-order valence-electron chi connectivity index (χ1n) is 3.05. The highest BCUT2D eigenvalue weighted by molar-refractivity contribution is 5.54. The minimum atomic E-state index is 0.430. The zero-order valence-electron chi connectivity index (χ0n) is 5.73. The molecule has 0 unspecified atom stereocenters. The normalized spacial score (nSPS) is 10.9. The van der Waals surface area contributed by atoms with Crippen molar-refractivity contribution < 1.29 is 0 Å². The molecule has 2 rings (SSSR count). The maximum atomic E-state index is 5.53. The molecular formula is C5H8N6. The van der Waals surface area contributed by atoms with Crippen molar-refractivity contribution in [1.82, 2.24) is 14.3 Å². The van der Waals surface area contributed by atoms with Crippen molar-refractivity contribution in [2.75, 3.05) is 17.3 Å². The maximum absolute atomic E-state index is 5.53. The van der Waals surface area contributed by atoms with Crippen molar-refractivity contribution in [3.8, 4) is 0 Å². The minimum Gasteiger partial charge on any atom is -0.382 e. The lowest BCUT2D eigenvalue weighted by molar-refractivity contribution is 0.781. The van der Waals surface area contributed by atoms with E-state index in [0.717, 1.165) is 0 Å². The van der Waals surface area contributed by atoms with Gasteiger partial charge in [-0.25, -0.2) is 4.98 Å². The molecule has 11 heavy (non-hydrogen) atoms. The quantitative estimate of drug-likeness (QED) is 0.422. The summed E-state index contributed by atoms with van der Waals surface area (Å²) >= 11 is 0. The second kappa shape index (κ2) is 1.60. The van der Waals surface area contributed by atoms with Gasteiger partial charge in [0.1, 0.15) is 11.6 Å². The third kappa shape index (κ3) is 0.575. The predicted octanol–water partition coefficient (Wildman–Crippen LogP) is -0.986. The number of nitrogens with zero attached hydrogens (tertiary/aromatic N) is 3. The maximum Gasteiger partial charge on any atom is 0.159 e. The molecule has 2 heterocycles. The molecule has 0 amide bonds. The largest absolute Gasteiger partial charge is 0.382 e. The van der Waals surface area contributed by atoms with E-state index < -0.39 is 0 Å². The molecule has 2 aromatic heterocycles. The Morgan fingerprint density at radius 1 is 1.27 bits per heavy atom. The van der Waals surface area contributed by atoms with Crippen LogP contribution in [0.15, 0.2) is 12.3 Å². The average Bonchev–Trinajstić information content (AvgIpc) is 2.41. The summed E-state index contributed by atoms with van der Waals surface area (Å²) in [5.41, 5.74) is 11.7. The van der Waals surface area contributed by atoms with Crippen molar-refractivity contribution in [2.45, 2.75) is 0 Å². The van der Waals surface area contributed by atoms with E-state index in [-0.39, 0.29) is 0 Å². The van der Waals surface area contributed by atoms with E-state index in [4.69, 9.17) is 17.3 Å². The van der Waals surface area contributed by atoms with Crippen LogP contribution in [0.1, 0.15) is 0 Å². The van der Waals surface area contributed by atoms with Gasteiger partial charge in [0.15, 0.2) is 5.65 Å². The smallest absolute Gasteiger partial charge is 0.159 e. The molecule has 0 aromatic carbocycles. The topological polar surface area (TPSA) is 100 Å². The van der Waals surface area contributed by atoms with Gasteiger partial charge in [0.05, 0.1) is 6.20 Å². The monoisotopic (exact) mass is 152 g/mol. The van der Waals surface area contributed by atoms with Crippen molar-refractivity contribution in [3.05, 3.63) is 12.3 Å². The van der Waals surface area contributed by atoms with E-state index in [9.17, 15) is 0 Å². The summed E-state index contributed by atoms with van der Waals surface area (Å²) < 4.78 is 1.52. The van der Waals surface area contributed by atoms with Crippen LogP contribution >= 0.6 is 0 Å². The van der Waals surface area contributed by atoms with E-state index in [1.54, 1.807) is 6.07 Å². The Morgan fingerprint density at radius 3 is 2.64 bits per heavy atom. The van der Waals surface area contributed by atoms with E-state index >= 15 is 0 Å². The Bertz CT molecular complexity index is 396. The van der Waals surface area contributed by atoms with Gasteiger partial charge in [-0.05, 0) is 0 Å². The predicted molar refractivity (Wildman–Crippen MR) is 42.2 cm³/mol. The average molecular weight is 152 g/mol. The standard InChI is InChI=1S/C5H8N6/c6-3-1-5-9-2-4(7)10(5)11(3)8/h1-2H,6-8H2. The lowest BCUT2D eigenvalue weighted by Crippen LogP contribution is -2.18. The molecule has 0 atom stereocenters. The Kier molecular flexibility index (Phi) is 0.857. The van der Waals surface area contributed by atoms with Crippen LogP contribution in [0.5, 0.6) is 0 Å². The molecular weight excluding hydrogens is 144 g/mol. The van der Waals surface area contributed by atoms with Crippen LogP contribution in [-0.4, -0.2) is 14.3 Å². The Balaban J connectivity index is 2.95. The second-order valence-corrected chi connectivity index (χ2v) is 2.27. The van der Waals surface area contributed by atoms with Crippen molar-refractivity contribution in [3.63, 3.8) is 0 Å². The molecule has 6 N–H and O–H groups in total. The molecule has 0 bridgehead atoms. The van der Waals surface area contributed by atoms with Gasteiger partial charge in [-0.3, -0.25) is 0 Å². The Morgan fingerprint density at radius 2 is 2.00 bits per heavy atom. The first-order chi connectivity index (χ1) is 5.20. The molecule has 0 fully saturated rings. The summed E-state index contributed by atoms with van der Waals surface area (Å²) in [5, 5.41) is 0. The second-order valence-electron chi connectivity index (χ2n) is 2.27. The fourth-order valence-corrected chi connectivity index (χ4v) is 1.02. The molecule has 58 valence electrons. The molecule has 0 spiro atoms. The van der Waals surface area contributed by atoms with Gasteiger partial charge in [-0.15, -0.1) is 0 Å². The SMILES string of the molecule is Nc1cc2ncc(N)n2n1N. The first kappa shape index (κ1) is 5.90. The molecule has 0 aliphatic heterocycles. The zero-order valence-corrected chi connectivity index (χ0v) is 5.73. The number of imidazole rings is 1. The molecule has 6 nitrogen and oxygen atoms in total. The van der Waals surface area contributed by atoms with Gasteiger partial charge in [-0.1, -0.05) is 0 Å². The molecule has 2 aromatic rings. The highest BCUT2D eigenvalue weighted by atomic mass is 15.6. The van der Waals surface area contributed by atoms with Crippen LogP contribution in [-0.2, 0) is 0 Å². The molecule has 0 radical (unpaired) electrons. The number of anilines is 2. The Labute approximate surface area is 62.1 Å². The van der Waals surface area contributed by atoms with Crippen molar-refractivity contribution in [1.29, 1.82) is 0 Å². The van der Waals surface area contributed by atoms with E-state index in [0.29, 0.717) is 17.3 Å². The Hall–Kier alpha value is -1.85. The molecule has 0 aliphatic carbocycles. The number of aromatic nitrogens is 3. The van der Waals surface area contributed by atoms with Gasteiger partial charge in [0.25, 0.3) is 0 Å². The fourth-order valence-electron chi connectivity index (χ4n) is 1.02. The molecule has 0 saturated carbocycles. The van der Waals surface area contributed by atoms with Gasteiger partial charge in [0, 0.05) is 6.07 Å². The summed E-state index contributed by atoms with van der Waals surface area (Å²) in [4.78, 5) is 5.20. The van der Waals surface area contributed by atoms with E-state index in [1.165, 1.54) is 15.5 Å². The summed E-state index contributed by atoms with van der Waals surface area (Å²) in [6.45, 7) is 0. The number of hydrogen-bond acceptors (Lipinski definition) is 4. The highest BCUT2D eigenvalue weighted by Gasteiger charge is 2.05. The van der Waals surface area contributed by atoms with E-state index in [1.807, 2.05) is 0 Å². The van der Waals surface area contributed by atoms with Crippen molar-refractivity contribution >= 4 is 17.3 Å². The highest BCUT2D eigenvalue weighted by Crippen LogP contribution is 2.11. The van der Waals surface area contributed by atoms with Crippen molar-refractivity contribution in [2.24, 2.45) is 0 Å². The minimum absolute atomic E-state index is 0.430. The number of nitrogen functional groups attached to an aromatic ring is 3. The lowest BCUT2D eigenvalue weighted by Gasteiger charge is -1.98. The number of hydrogen-bond donors (Lipinski definition) is 3. The van der Waals surface area contributed by atoms with Crippen LogP contribution in [0, 0.1) is 0 Å². The molecule has 0 saturated heterocycles. The van der Waals surface area contributed by atoms with Gasteiger partial charge < -0.3 is 17.3 Å². The van der Waals surface area contributed by atoms with Gasteiger partial charge in [-0.2, -0.15) is 9.31 Å². The fraction of sp³-hybridized carbons (Fsp3) is 0. The first-order valence-corrected chi connectivity index (χ1v) is 3.05. The van der Waals surface area contributed by atoms with E-state index in [2.05, 4.69) is 4.98 Å². The van der Waals surface area contributed by atoms with Gasteiger partial charge >= 0.3 is 0 Å². The number of rotatable bonds is 0. The van der Waals surface area contributed by atoms with Gasteiger partial charge in [0.2, 0.25) is 0 Å². The van der Waals surface area contributed by atoms with Crippen LogP contribution in [0.3, 0.4) is 0 Å². The van der Waals surface area contributed by atoms with Crippen LogP contribution in [0.2, 0.25) is 0 Å². The summed E-state index contributed by atoms with van der Waals surface area (Å²) in [5.74, 6) is 6.42. The number of fused-ring (bicyclic) bond motifs is 1. The number of nitrogens with two attached hydrogens (primary N) is 3.